The van der Waals surface area contributed by atoms with Crippen LogP contribution in [0.5, 0.6) is 0 Å². The van der Waals surface area contributed by atoms with Gasteiger partial charge in [-0.1, -0.05) is 48.6 Å². The third-order valence-corrected chi connectivity index (χ3v) is 5.85. The number of allylic oxidation sites excluding steroid dienone is 1. The summed E-state index contributed by atoms with van der Waals surface area (Å²) in [5, 5.41) is 9.84. The Hall–Kier alpha value is -2.92. The summed E-state index contributed by atoms with van der Waals surface area (Å²) < 4.78 is 5.11. The third-order valence-electron chi connectivity index (χ3n) is 4.80. The monoisotopic (exact) mass is 345 g/mol. The smallest absolute Gasteiger partial charge is 0.181 e. The van der Waals surface area contributed by atoms with Crippen LogP contribution in [0.2, 0.25) is 0 Å². The molecule has 122 valence electrons. The number of aromatic nitrogens is 3. The first-order chi connectivity index (χ1) is 12.4. The van der Waals surface area contributed by atoms with Crippen LogP contribution < -0.4 is 0 Å². The Balaban J connectivity index is 1.66. The normalized spacial score (nSPS) is 19.0. The molecule has 0 amide bonds. The third kappa shape index (κ3) is 2.20. The molecule has 1 atom stereocenters. The summed E-state index contributed by atoms with van der Waals surface area (Å²) >= 11 is 1.79. The van der Waals surface area contributed by atoms with Crippen molar-refractivity contribution >= 4 is 17.4 Å². The number of thiophene rings is 1. The van der Waals surface area contributed by atoms with E-state index in [1.54, 1.807) is 17.6 Å². The number of fused-ring (bicyclic) bond motifs is 1. The molecule has 0 bridgehead atoms. The minimum absolute atomic E-state index is 0.171. The Kier molecular flexibility index (Phi) is 3.21. The highest BCUT2D eigenvalue weighted by Gasteiger charge is 2.37. The van der Waals surface area contributed by atoms with Crippen LogP contribution in [0.15, 0.2) is 71.0 Å². The second-order valence-corrected chi connectivity index (χ2v) is 7.11. The van der Waals surface area contributed by atoms with Gasteiger partial charge in [-0.05, 0) is 17.0 Å². The van der Waals surface area contributed by atoms with Gasteiger partial charge in [0.25, 0.3) is 0 Å². The van der Waals surface area contributed by atoms with Gasteiger partial charge in [0.1, 0.15) is 17.7 Å². The predicted molar refractivity (Wildman–Crippen MR) is 98.4 cm³/mol. The summed E-state index contributed by atoms with van der Waals surface area (Å²) in [5.74, 6) is 0. The number of nitrogens with zero attached hydrogens (tertiary/aromatic N) is 2. The van der Waals surface area contributed by atoms with Crippen LogP contribution in [0.1, 0.15) is 21.7 Å². The van der Waals surface area contributed by atoms with Crippen molar-refractivity contribution in [1.29, 1.82) is 0 Å². The molecule has 4 nitrogen and oxygen atoms in total. The maximum absolute atomic E-state index is 5.11. The van der Waals surface area contributed by atoms with E-state index in [-0.39, 0.29) is 5.41 Å². The van der Waals surface area contributed by atoms with E-state index in [4.69, 9.17) is 4.42 Å². The number of hydrogen-bond donors (Lipinski definition) is 1. The van der Waals surface area contributed by atoms with Crippen molar-refractivity contribution in [3.05, 3.63) is 88.3 Å². The van der Waals surface area contributed by atoms with E-state index in [2.05, 4.69) is 75.2 Å². The van der Waals surface area contributed by atoms with Gasteiger partial charge in [-0.2, -0.15) is 5.10 Å². The van der Waals surface area contributed by atoms with Crippen LogP contribution in [0.25, 0.3) is 17.5 Å². The van der Waals surface area contributed by atoms with Crippen molar-refractivity contribution < 1.29 is 4.42 Å². The first-order valence-electron chi connectivity index (χ1n) is 8.11. The number of oxazole rings is 1. The maximum atomic E-state index is 5.11. The zero-order valence-electron chi connectivity index (χ0n) is 13.3. The number of hydrogen-bond acceptors (Lipinski definition) is 4. The minimum Gasteiger partial charge on any atom is -0.451 e. The summed E-state index contributed by atoms with van der Waals surface area (Å²) in [7, 11) is 0. The molecule has 3 aromatic heterocycles. The number of benzene rings is 1. The topological polar surface area (TPSA) is 54.7 Å². The van der Waals surface area contributed by atoms with Gasteiger partial charge in [0.15, 0.2) is 6.39 Å². The van der Waals surface area contributed by atoms with Gasteiger partial charge in [0.2, 0.25) is 0 Å². The SMILES string of the molecule is C1=CC(c2ccccc2)(c2cccs2)Cc2[nH]nc(-c3cocn3)c21. The van der Waals surface area contributed by atoms with Gasteiger partial charge in [-0.25, -0.2) is 4.98 Å². The van der Waals surface area contributed by atoms with Crippen molar-refractivity contribution in [2.24, 2.45) is 0 Å². The van der Waals surface area contributed by atoms with Crippen molar-refractivity contribution in [2.45, 2.75) is 11.8 Å². The van der Waals surface area contributed by atoms with Crippen molar-refractivity contribution in [3.63, 3.8) is 0 Å². The molecule has 25 heavy (non-hydrogen) atoms. The van der Waals surface area contributed by atoms with Crippen molar-refractivity contribution in [3.8, 4) is 11.4 Å². The molecule has 4 aromatic rings. The predicted octanol–water partition coefficient (Wildman–Crippen LogP) is 4.68. The summed E-state index contributed by atoms with van der Waals surface area (Å²) in [6, 6.07) is 15.0. The zero-order valence-corrected chi connectivity index (χ0v) is 14.2. The molecule has 5 heteroatoms. The molecule has 1 unspecified atom stereocenters. The first-order valence-corrected chi connectivity index (χ1v) is 8.99. The molecule has 0 aliphatic heterocycles. The Morgan fingerprint density at radius 2 is 2.04 bits per heavy atom. The van der Waals surface area contributed by atoms with E-state index in [0.29, 0.717) is 0 Å². The standard InChI is InChI=1S/C20H15N3OS/c1-2-5-14(6-3-1)20(18-7-4-10-25-18)9-8-15-16(11-20)22-23-19(15)17-12-24-13-21-17/h1-10,12-13H,11H2,(H,22,23). The lowest BCUT2D eigenvalue weighted by Gasteiger charge is -2.33. The molecule has 1 N–H and O–H groups in total. The molecule has 0 fully saturated rings. The summed E-state index contributed by atoms with van der Waals surface area (Å²) in [6.07, 6.45) is 8.37. The Bertz CT molecular complexity index is 1020. The highest BCUT2D eigenvalue weighted by atomic mass is 32.1. The average molecular weight is 345 g/mol. The fraction of sp³-hybridized carbons (Fsp3) is 0.100. The quantitative estimate of drug-likeness (QED) is 0.586. The second-order valence-electron chi connectivity index (χ2n) is 6.16. The van der Waals surface area contributed by atoms with Crippen molar-refractivity contribution in [1.82, 2.24) is 15.2 Å². The lowest BCUT2D eigenvalue weighted by atomic mass is 9.72. The summed E-state index contributed by atoms with van der Waals surface area (Å²) in [4.78, 5) is 5.56. The van der Waals surface area contributed by atoms with Crippen LogP contribution in [0.4, 0.5) is 0 Å². The number of aromatic amines is 1. The van der Waals surface area contributed by atoms with Crippen LogP contribution in [0.3, 0.4) is 0 Å². The lowest BCUT2D eigenvalue weighted by Crippen LogP contribution is -2.29. The Morgan fingerprint density at radius 1 is 1.12 bits per heavy atom. The van der Waals surface area contributed by atoms with E-state index in [9.17, 15) is 0 Å². The van der Waals surface area contributed by atoms with Crippen LogP contribution in [0, 0.1) is 0 Å². The maximum Gasteiger partial charge on any atom is 0.181 e. The van der Waals surface area contributed by atoms with Crippen LogP contribution in [-0.4, -0.2) is 15.2 Å². The molecule has 1 aliphatic rings. The van der Waals surface area contributed by atoms with Gasteiger partial charge >= 0.3 is 0 Å². The Labute approximate surface area is 148 Å². The van der Waals surface area contributed by atoms with E-state index < -0.39 is 0 Å². The Morgan fingerprint density at radius 3 is 2.80 bits per heavy atom. The van der Waals surface area contributed by atoms with Gasteiger partial charge in [-0.3, -0.25) is 5.10 Å². The summed E-state index contributed by atoms with van der Waals surface area (Å²) in [5.41, 5.74) is 4.93. The molecule has 3 heterocycles. The fourth-order valence-electron chi connectivity index (χ4n) is 3.57. The largest absolute Gasteiger partial charge is 0.451 e. The van der Waals surface area contributed by atoms with Gasteiger partial charge in [0.05, 0.1) is 5.41 Å². The first kappa shape index (κ1) is 14.4. The van der Waals surface area contributed by atoms with E-state index in [1.165, 1.54) is 16.8 Å². The number of rotatable bonds is 3. The molecule has 0 radical (unpaired) electrons. The average Bonchev–Trinajstić information content (AvgIpc) is 3.42. The summed E-state index contributed by atoms with van der Waals surface area (Å²) in [6.45, 7) is 0. The minimum atomic E-state index is -0.171. The molecular formula is C20H15N3OS. The van der Waals surface area contributed by atoms with Gasteiger partial charge in [-0.15, -0.1) is 11.3 Å². The van der Waals surface area contributed by atoms with E-state index in [0.717, 1.165) is 29.1 Å². The highest BCUT2D eigenvalue weighted by Crippen LogP contribution is 2.44. The lowest BCUT2D eigenvalue weighted by molar-refractivity contribution is 0.558. The van der Waals surface area contributed by atoms with E-state index in [1.807, 2.05) is 0 Å². The second kappa shape index (κ2) is 5.57. The van der Waals surface area contributed by atoms with E-state index >= 15 is 0 Å². The fourth-order valence-corrected chi connectivity index (χ4v) is 4.50. The molecule has 0 spiro atoms. The number of nitrogens with one attached hydrogen (secondary N) is 1. The highest BCUT2D eigenvalue weighted by molar-refractivity contribution is 7.10. The van der Waals surface area contributed by atoms with Crippen molar-refractivity contribution in [2.75, 3.05) is 0 Å². The van der Waals surface area contributed by atoms with Crippen LogP contribution >= 0.6 is 11.3 Å². The zero-order chi connectivity index (χ0) is 16.7. The molecule has 5 rings (SSSR count). The molecular weight excluding hydrogens is 330 g/mol. The van der Waals surface area contributed by atoms with Crippen LogP contribution in [-0.2, 0) is 11.8 Å². The molecule has 0 saturated heterocycles. The molecule has 1 aromatic carbocycles. The van der Waals surface area contributed by atoms with Gasteiger partial charge < -0.3 is 4.42 Å². The number of H-pyrrole nitrogens is 1. The van der Waals surface area contributed by atoms with Gasteiger partial charge in [0, 0.05) is 22.6 Å². The molecule has 1 aliphatic carbocycles. The molecule has 0 saturated carbocycles.